The third-order valence-electron chi connectivity index (χ3n) is 5.23. The molecule has 0 bridgehead atoms. The van der Waals surface area contributed by atoms with Gasteiger partial charge in [-0.2, -0.15) is 0 Å². The maximum atomic E-state index is 12.6. The minimum Gasteiger partial charge on any atom is -0.324 e. The van der Waals surface area contributed by atoms with Crippen molar-refractivity contribution in [3.8, 4) is 0 Å². The molecule has 26 heavy (non-hydrogen) atoms. The van der Waals surface area contributed by atoms with Gasteiger partial charge in [0.25, 0.3) is 0 Å². The van der Waals surface area contributed by atoms with Crippen LogP contribution in [0.2, 0.25) is 5.02 Å². The molecule has 136 valence electrons. The van der Waals surface area contributed by atoms with E-state index in [9.17, 15) is 4.79 Å². The Morgan fingerprint density at radius 3 is 2.92 bits per heavy atom. The number of aliphatic imine (C=N–C) groups is 1. The van der Waals surface area contributed by atoms with Crippen molar-refractivity contribution < 1.29 is 4.79 Å². The largest absolute Gasteiger partial charge is 0.324 e. The van der Waals surface area contributed by atoms with Gasteiger partial charge in [0, 0.05) is 42.8 Å². The maximum Gasteiger partial charge on any atom is 0.227 e. The summed E-state index contributed by atoms with van der Waals surface area (Å²) in [5.74, 6) is 1.08. The van der Waals surface area contributed by atoms with Crippen LogP contribution in [0.1, 0.15) is 31.4 Å². The van der Waals surface area contributed by atoms with E-state index in [1.165, 1.54) is 0 Å². The topological polar surface area (TPSA) is 60.8 Å². The molecule has 7 heteroatoms. The van der Waals surface area contributed by atoms with Crippen molar-refractivity contribution in [2.45, 2.75) is 38.6 Å². The molecule has 0 spiro atoms. The van der Waals surface area contributed by atoms with Crippen LogP contribution in [0.4, 0.5) is 5.69 Å². The van der Waals surface area contributed by atoms with E-state index in [0.717, 1.165) is 43.7 Å². The van der Waals surface area contributed by atoms with Gasteiger partial charge >= 0.3 is 0 Å². The van der Waals surface area contributed by atoms with Crippen LogP contribution in [0.3, 0.4) is 0 Å². The van der Waals surface area contributed by atoms with E-state index in [1.54, 1.807) is 6.20 Å². The molecule has 0 radical (unpaired) electrons. The summed E-state index contributed by atoms with van der Waals surface area (Å²) in [6, 6.07) is 2.25. The fourth-order valence-corrected chi connectivity index (χ4v) is 3.99. The van der Waals surface area contributed by atoms with Crippen molar-refractivity contribution in [3.63, 3.8) is 0 Å². The van der Waals surface area contributed by atoms with Gasteiger partial charge in [-0.15, -0.1) is 0 Å². The molecule has 0 saturated heterocycles. The number of anilines is 1. The second-order valence-corrected chi connectivity index (χ2v) is 7.36. The molecule has 1 aromatic heterocycles. The number of nitrogens with one attached hydrogen (secondary N) is 1. The molecule has 1 N–H and O–H groups in total. The SMILES string of the molecule is Cc1cc(NC(=O)C2CCC(N3CC=C4N=CC=CN43)CC2)c(Cl)cn1. The van der Waals surface area contributed by atoms with Crippen LogP contribution in [0, 0.1) is 12.8 Å². The third kappa shape index (κ3) is 3.39. The standard InChI is InChI=1S/C19H22ClN5O/c1-13-11-17(16(20)12-22-13)23-19(26)14-3-5-15(6-4-14)24-10-7-18-21-8-2-9-25(18)24/h2,7-9,11-12,14-15H,3-6,10H2,1H3,(H,22,23,26). The molecule has 0 unspecified atom stereocenters. The molecule has 3 heterocycles. The predicted molar refractivity (Wildman–Crippen MR) is 103 cm³/mol. The first-order valence-electron chi connectivity index (χ1n) is 9.01. The number of carbonyl (C=O) groups excluding carboxylic acids is 1. The lowest BCUT2D eigenvalue weighted by Crippen LogP contribution is -2.45. The van der Waals surface area contributed by atoms with Crippen LogP contribution in [0.25, 0.3) is 0 Å². The van der Waals surface area contributed by atoms with Crippen LogP contribution in [0.15, 0.2) is 41.4 Å². The van der Waals surface area contributed by atoms with E-state index in [1.807, 2.05) is 25.3 Å². The molecule has 1 saturated carbocycles. The Bertz CT molecular complexity index is 795. The lowest BCUT2D eigenvalue weighted by molar-refractivity contribution is -0.121. The first-order chi connectivity index (χ1) is 12.6. The van der Waals surface area contributed by atoms with Gasteiger partial charge in [-0.25, -0.2) is 10.0 Å². The fourth-order valence-electron chi connectivity index (χ4n) is 3.84. The maximum absolute atomic E-state index is 12.6. The van der Waals surface area contributed by atoms with Gasteiger partial charge in [-0.1, -0.05) is 11.6 Å². The Kier molecular flexibility index (Phi) is 4.78. The molecule has 6 nitrogen and oxygen atoms in total. The lowest BCUT2D eigenvalue weighted by atomic mass is 9.85. The third-order valence-corrected chi connectivity index (χ3v) is 5.53. The Hall–Kier alpha value is -2.18. The highest BCUT2D eigenvalue weighted by Crippen LogP contribution is 2.33. The second kappa shape index (κ2) is 7.21. The highest BCUT2D eigenvalue weighted by Gasteiger charge is 2.34. The normalized spacial score (nSPS) is 25.2. The number of aryl methyl sites for hydroxylation is 1. The van der Waals surface area contributed by atoms with Gasteiger partial charge in [0.1, 0.15) is 5.82 Å². The average Bonchev–Trinajstić information content (AvgIpc) is 3.09. The molecule has 1 aliphatic carbocycles. The van der Waals surface area contributed by atoms with Gasteiger partial charge in [-0.3, -0.25) is 14.8 Å². The van der Waals surface area contributed by atoms with Crippen LogP contribution in [0.5, 0.6) is 0 Å². The van der Waals surface area contributed by atoms with Crippen LogP contribution in [-0.4, -0.2) is 39.7 Å². The minimum absolute atomic E-state index is 0.0285. The summed E-state index contributed by atoms with van der Waals surface area (Å²) in [5.41, 5.74) is 1.49. The van der Waals surface area contributed by atoms with Crippen molar-refractivity contribution in [2.75, 3.05) is 11.9 Å². The summed E-state index contributed by atoms with van der Waals surface area (Å²) in [5, 5.41) is 7.93. The fraction of sp³-hybridized carbons (Fsp3) is 0.421. The number of hydrogen-bond donors (Lipinski definition) is 1. The van der Waals surface area contributed by atoms with Gasteiger partial charge in [0.2, 0.25) is 5.91 Å². The minimum atomic E-state index is 0.0285. The molecule has 3 aliphatic rings. The van der Waals surface area contributed by atoms with Crippen molar-refractivity contribution in [1.82, 2.24) is 15.0 Å². The summed E-state index contributed by atoms with van der Waals surface area (Å²) in [7, 11) is 0. The Labute approximate surface area is 158 Å². The number of amides is 1. The van der Waals surface area contributed by atoms with Crippen molar-refractivity contribution in [2.24, 2.45) is 10.9 Å². The number of hydrogen-bond acceptors (Lipinski definition) is 5. The van der Waals surface area contributed by atoms with E-state index in [2.05, 4.69) is 37.6 Å². The van der Waals surface area contributed by atoms with Gasteiger partial charge in [0.15, 0.2) is 0 Å². The van der Waals surface area contributed by atoms with Crippen LogP contribution < -0.4 is 5.32 Å². The summed E-state index contributed by atoms with van der Waals surface area (Å²) in [6.45, 7) is 2.76. The number of pyridine rings is 1. The molecular formula is C19H22ClN5O. The summed E-state index contributed by atoms with van der Waals surface area (Å²) in [6.07, 6.45) is 13.3. The van der Waals surface area contributed by atoms with E-state index in [-0.39, 0.29) is 11.8 Å². The Morgan fingerprint density at radius 2 is 2.12 bits per heavy atom. The number of carbonyl (C=O) groups is 1. The first-order valence-corrected chi connectivity index (χ1v) is 9.39. The van der Waals surface area contributed by atoms with Gasteiger partial charge < -0.3 is 5.32 Å². The van der Waals surface area contributed by atoms with Gasteiger partial charge in [-0.05, 0) is 50.8 Å². The monoisotopic (exact) mass is 371 g/mol. The number of halogens is 1. The number of nitrogens with zero attached hydrogens (tertiary/aromatic N) is 4. The first kappa shape index (κ1) is 17.2. The smallest absolute Gasteiger partial charge is 0.227 e. The molecule has 0 aromatic carbocycles. The number of hydrazine groups is 1. The molecule has 1 aromatic rings. The molecular weight excluding hydrogens is 350 g/mol. The number of fused-ring (bicyclic) bond motifs is 1. The van der Waals surface area contributed by atoms with E-state index >= 15 is 0 Å². The Morgan fingerprint density at radius 1 is 1.31 bits per heavy atom. The molecule has 4 rings (SSSR count). The van der Waals surface area contributed by atoms with Gasteiger partial charge in [0.05, 0.1) is 10.7 Å². The van der Waals surface area contributed by atoms with Crippen LogP contribution in [-0.2, 0) is 4.79 Å². The molecule has 0 atom stereocenters. The van der Waals surface area contributed by atoms with Crippen LogP contribution >= 0.6 is 11.6 Å². The number of rotatable bonds is 3. The zero-order chi connectivity index (χ0) is 18.1. The summed E-state index contributed by atoms with van der Waals surface area (Å²) >= 11 is 6.14. The predicted octanol–water partition coefficient (Wildman–Crippen LogP) is 3.51. The number of allylic oxidation sites excluding steroid dienone is 1. The molecule has 1 amide bonds. The highest BCUT2D eigenvalue weighted by atomic mass is 35.5. The molecule has 2 aliphatic heterocycles. The second-order valence-electron chi connectivity index (χ2n) is 6.95. The lowest BCUT2D eigenvalue weighted by Gasteiger charge is -2.39. The average molecular weight is 372 g/mol. The quantitative estimate of drug-likeness (QED) is 0.883. The summed E-state index contributed by atoms with van der Waals surface area (Å²) in [4.78, 5) is 21.2. The zero-order valence-corrected chi connectivity index (χ0v) is 15.5. The van der Waals surface area contributed by atoms with Crippen molar-refractivity contribution >= 4 is 29.4 Å². The van der Waals surface area contributed by atoms with Crippen molar-refractivity contribution in [1.29, 1.82) is 0 Å². The van der Waals surface area contributed by atoms with Crippen molar-refractivity contribution in [3.05, 3.63) is 47.2 Å². The van der Waals surface area contributed by atoms with E-state index in [4.69, 9.17) is 11.6 Å². The Balaban J connectivity index is 1.34. The van der Waals surface area contributed by atoms with E-state index < -0.39 is 0 Å². The van der Waals surface area contributed by atoms with E-state index in [0.29, 0.717) is 16.8 Å². The highest BCUT2D eigenvalue weighted by molar-refractivity contribution is 6.33. The number of aromatic nitrogens is 1. The zero-order valence-electron chi connectivity index (χ0n) is 14.7. The summed E-state index contributed by atoms with van der Waals surface area (Å²) < 4.78 is 0. The molecule has 1 fully saturated rings.